The zero-order valence-electron chi connectivity index (χ0n) is 15.2. The summed E-state index contributed by atoms with van der Waals surface area (Å²) in [7, 11) is 3.75. The molecule has 0 N–H and O–H groups in total. The molecular weight excluding hydrogens is 348 g/mol. The fourth-order valence-electron chi connectivity index (χ4n) is 3.05. The number of hydrogen-bond donors (Lipinski definition) is 0. The van der Waals surface area contributed by atoms with Crippen LogP contribution >= 0.6 is 0 Å². The van der Waals surface area contributed by atoms with Crippen molar-refractivity contribution in [3.63, 3.8) is 0 Å². The zero-order chi connectivity index (χ0) is 19.4. The summed E-state index contributed by atoms with van der Waals surface area (Å²) >= 11 is 0. The molecule has 0 amide bonds. The number of fused-ring (bicyclic) bond motifs is 1. The summed E-state index contributed by atoms with van der Waals surface area (Å²) in [6.07, 6.45) is 2.75. The predicted molar refractivity (Wildman–Crippen MR) is 101 cm³/mol. The van der Waals surface area contributed by atoms with Gasteiger partial charge in [0, 0.05) is 17.7 Å². The first kappa shape index (κ1) is 18.6. The monoisotopic (exact) mass is 368 g/mol. The number of carbonyl (C=O) groups is 1. The van der Waals surface area contributed by atoms with Gasteiger partial charge in [-0.25, -0.2) is 0 Å². The molecule has 1 aliphatic heterocycles. The SMILES string of the molecule is CN(C)CCOC(=O)Cc1c2ccocc-2c(-c2ccccc2)c1[N+](=O)[O-]. The van der Waals surface area contributed by atoms with Crippen molar-refractivity contribution >= 4 is 11.7 Å². The van der Waals surface area contributed by atoms with E-state index in [0.29, 0.717) is 34.4 Å². The zero-order valence-corrected chi connectivity index (χ0v) is 15.2. The molecule has 140 valence electrons. The van der Waals surface area contributed by atoms with E-state index in [-0.39, 0.29) is 18.7 Å². The molecule has 1 aromatic rings. The Morgan fingerprint density at radius 2 is 1.93 bits per heavy atom. The summed E-state index contributed by atoms with van der Waals surface area (Å²) in [4.78, 5) is 25.6. The van der Waals surface area contributed by atoms with E-state index in [1.165, 1.54) is 12.5 Å². The molecule has 7 nitrogen and oxygen atoms in total. The van der Waals surface area contributed by atoms with E-state index in [9.17, 15) is 14.9 Å². The lowest BCUT2D eigenvalue weighted by molar-refractivity contribution is -0.384. The van der Waals surface area contributed by atoms with E-state index in [1.54, 1.807) is 18.2 Å². The molecule has 0 bridgehead atoms. The van der Waals surface area contributed by atoms with Crippen LogP contribution in [0.4, 0.5) is 5.69 Å². The van der Waals surface area contributed by atoms with Crippen LogP contribution in [0.1, 0.15) is 5.56 Å². The smallest absolute Gasteiger partial charge is 0.310 e. The number of ether oxygens (including phenoxy) is 1. The maximum absolute atomic E-state index is 12.3. The van der Waals surface area contributed by atoms with Gasteiger partial charge in [-0.05, 0) is 31.3 Å². The maximum atomic E-state index is 12.3. The molecular formula is C20H20N2O5. The van der Waals surface area contributed by atoms with Gasteiger partial charge in [0.05, 0.1) is 29.4 Å². The molecule has 0 spiro atoms. The Morgan fingerprint density at radius 3 is 2.59 bits per heavy atom. The van der Waals surface area contributed by atoms with Crippen molar-refractivity contribution in [2.75, 3.05) is 27.2 Å². The number of likely N-dealkylation sites (N-methyl/N-ethyl adjacent to an activating group) is 1. The van der Waals surface area contributed by atoms with Crippen molar-refractivity contribution < 1.29 is 18.9 Å². The summed E-state index contributed by atoms with van der Waals surface area (Å²) < 4.78 is 10.5. The number of esters is 1. The molecule has 0 saturated carbocycles. The maximum Gasteiger partial charge on any atom is 0.310 e. The Labute approximate surface area is 156 Å². The van der Waals surface area contributed by atoms with E-state index in [0.717, 1.165) is 0 Å². The van der Waals surface area contributed by atoms with Crippen LogP contribution in [0.15, 0.2) is 53.3 Å². The average Bonchev–Trinajstić information content (AvgIpc) is 2.97. The highest BCUT2D eigenvalue weighted by atomic mass is 16.6. The molecule has 3 rings (SSSR count). The minimum absolute atomic E-state index is 0.0813. The summed E-state index contributed by atoms with van der Waals surface area (Å²) in [5.41, 5.74) is 2.64. The minimum Gasteiger partial charge on any atom is -0.472 e. The molecule has 0 aromatic heterocycles. The van der Waals surface area contributed by atoms with Crippen LogP contribution in [0.5, 0.6) is 0 Å². The number of nitrogens with zero attached hydrogens (tertiary/aromatic N) is 2. The third kappa shape index (κ3) is 3.98. The van der Waals surface area contributed by atoms with Crippen LogP contribution in [0.3, 0.4) is 0 Å². The lowest BCUT2D eigenvalue weighted by atomic mass is 10.0. The minimum atomic E-state index is -0.493. The number of rotatable bonds is 7. The fourth-order valence-corrected chi connectivity index (χ4v) is 3.05. The van der Waals surface area contributed by atoms with Gasteiger partial charge in [0.15, 0.2) is 0 Å². The standard InChI is InChI=1S/C20H20N2O5/c1-21(2)9-11-27-18(23)12-16-15-8-10-26-13-17(15)19(20(16)22(24)25)14-6-4-3-5-7-14/h3-8,10,13H,9,11-12H2,1-2H3. The Kier molecular flexibility index (Phi) is 5.52. The molecule has 1 aliphatic carbocycles. The summed E-state index contributed by atoms with van der Waals surface area (Å²) in [6.45, 7) is 0.822. The fraction of sp³-hybridized carbons (Fsp3) is 0.250. The van der Waals surface area contributed by atoms with E-state index < -0.39 is 10.9 Å². The Hall–Kier alpha value is -3.19. The summed E-state index contributed by atoms with van der Waals surface area (Å²) in [5, 5.41) is 11.9. The Balaban J connectivity index is 2.03. The van der Waals surface area contributed by atoms with Gasteiger partial charge in [-0.1, -0.05) is 30.3 Å². The predicted octanol–water partition coefficient (Wildman–Crippen LogP) is 3.61. The number of hydrogen-bond acceptors (Lipinski definition) is 6. The van der Waals surface area contributed by atoms with Crippen molar-refractivity contribution in [2.24, 2.45) is 0 Å². The van der Waals surface area contributed by atoms with Crippen LogP contribution in [-0.4, -0.2) is 43.0 Å². The van der Waals surface area contributed by atoms with Crippen molar-refractivity contribution in [3.05, 3.63) is 64.6 Å². The van der Waals surface area contributed by atoms with Crippen LogP contribution in [-0.2, 0) is 16.0 Å². The molecule has 2 aliphatic rings. The molecule has 0 atom stereocenters. The Bertz CT molecular complexity index is 917. The highest BCUT2D eigenvalue weighted by Gasteiger charge is 2.33. The van der Waals surface area contributed by atoms with E-state index in [1.807, 2.05) is 37.2 Å². The van der Waals surface area contributed by atoms with Crippen LogP contribution in [0.2, 0.25) is 0 Å². The molecule has 7 heteroatoms. The molecule has 1 heterocycles. The molecule has 0 fully saturated rings. The highest BCUT2D eigenvalue weighted by Crippen LogP contribution is 2.47. The third-order valence-corrected chi connectivity index (χ3v) is 4.27. The molecule has 1 aromatic carbocycles. The molecule has 0 saturated heterocycles. The lowest BCUT2D eigenvalue weighted by Gasteiger charge is -2.10. The first-order valence-corrected chi connectivity index (χ1v) is 8.50. The highest BCUT2D eigenvalue weighted by molar-refractivity contribution is 5.98. The number of nitro groups is 1. The molecule has 27 heavy (non-hydrogen) atoms. The van der Waals surface area contributed by atoms with Gasteiger partial charge in [-0.2, -0.15) is 0 Å². The van der Waals surface area contributed by atoms with E-state index in [4.69, 9.17) is 9.15 Å². The van der Waals surface area contributed by atoms with E-state index in [2.05, 4.69) is 0 Å². The van der Waals surface area contributed by atoms with Gasteiger partial charge in [-0.15, -0.1) is 0 Å². The van der Waals surface area contributed by atoms with Gasteiger partial charge < -0.3 is 14.1 Å². The first-order chi connectivity index (χ1) is 13.0. The van der Waals surface area contributed by atoms with Crippen LogP contribution in [0, 0.1) is 10.1 Å². The molecule has 0 radical (unpaired) electrons. The largest absolute Gasteiger partial charge is 0.472 e. The van der Waals surface area contributed by atoms with Gasteiger partial charge in [-0.3, -0.25) is 14.9 Å². The lowest BCUT2D eigenvalue weighted by Crippen LogP contribution is -2.20. The summed E-state index contributed by atoms with van der Waals surface area (Å²) in [6, 6.07) is 10.7. The van der Waals surface area contributed by atoms with Crippen molar-refractivity contribution in [1.82, 2.24) is 4.90 Å². The second-order valence-electron chi connectivity index (χ2n) is 6.41. The average molecular weight is 368 g/mol. The van der Waals surface area contributed by atoms with Crippen molar-refractivity contribution in [2.45, 2.75) is 6.42 Å². The second-order valence-corrected chi connectivity index (χ2v) is 6.41. The van der Waals surface area contributed by atoms with E-state index >= 15 is 0 Å². The van der Waals surface area contributed by atoms with Gasteiger partial charge in [0.1, 0.15) is 6.61 Å². The van der Waals surface area contributed by atoms with Gasteiger partial charge in [0.25, 0.3) is 5.69 Å². The summed E-state index contributed by atoms with van der Waals surface area (Å²) in [5.74, 6) is -0.493. The first-order valence-electron chi connectivity index (χ1n) is 8.50. The van der Waals surface area contributed by atoms with Crippen molar-refractivity contribution in [3.8, 4) is 22.3 Å². The third-order valence-electron chi connectivity index (χ3n) is 4.27. The Morgan fingerprint density at radius 1 is 1.19 bits per heavy atom. The number of benzene rings is 1. The second kappa shape index (κ2) is 8.01. The normalized spacial score (nSPS) is 11.1. The van der Waals surface area contributed by atoms with Gasteiger partial charge in [0.2, 0.25) is 0 Å². The van der Waals surface area contributed by atoms with Crippen molar-refractivity contribution in [1.29, 1.82) is 0 Å². The number of carbonyl (C=O) groups excluding carboxylic acids is 1. The quantitative estimate of drug-likeness (QED) is 0.360. The molecule has 0 unspecified atom stereocenters. The van der Waals surface area contributed by atoms with Crippen LogP contribution in [0.25, 0.3) is 22.3 Å². The topological polar surface area (TPSA) is 85.8 Å². The van der Waals surface area contributed by atoms with Gasteiger partial charge >= 0.3 is 5.97 Å². The van der Waals surface area contributed by atoms with Crippen LogP contribution < -0.4 is 0 Å².